The average Bonchev–Trinajstić information content (AvgIpc) is 2.82. The van der Waals surface area contributed by atoms with E-state index in [4.69, 9.17) is 14.0 Å². The Kier molecular flexibility index (Phi) is 11.7. The molecule has 0 aliphatic carbocycles. The highest BCUT2D eigenvalue weighted by molar-refractivity contribution is 7.97. The molecule has 0 aliphatic heterocycles. The lowest BCUT2D eigenvalue weighted by Gasteiger charge is -2.18. The summed E-state index contributed by atoms with van der Waals surface area (Å²) in [6.07, 6.45) is -5.56. The number of carbonyl (C=O) groups is 1. The van der Waals surface area contributed by atoms with Crippen LogP contribution in [0.1, 0.15) is 20.8 Å². The molecule has 13 heteroatoms. The normalized spacial score (nSPS) is 11.8. The van der Waals surface area contributed by atoms with Gasteiger partial charge in [0.1, 0.15) is 11.4 Å². The largest absolute Gasteiger partial charge is 0.514 e. The summed E-state index contributed by atoms with van der Waals surface area (Å²) >= 11 is 0. The predicted octanol–water partition coefficient (Wildman–Crippen LogP) is 6.66. The van der Waals surface area contributed by atoms with Gasteiger partial charge in [-0.2, -0.15) is 21.6 Å². The van der Waals surface area contributed by atoms with Gasteiger partial charge in [0.2, 0.25) is 0 Å². The zero-order valence-corrected chi connectivity index (χ0v) is 26.1. The first-order valence-electron chi connectivity index (χ1n) is 12.6. The lowest BCUT2D eigenvalue weighted by atomic mass is 10.2. The maximum Gasteiger partial charge on any atom is 0.514 e. The number of carbonyl (C=O) groups excluding carboxylic acids is 1. The molecule has 3 rings (SSSR count). The molecule has 1 N–H and O–H groups in total. The van der Waals surface area contributed by atoms with Gasteiger partial charge in [-0.3, -0.25) is 4.55 Å². The van der Waals surface area contributed by atoms with Crippen LogP contribution in [0.2, 0.25) is 0 Å². The predicted molar refractivity (Wildman–Crippen MR) is 159 cm³/mol. The molecular formula is C29H36F3N2O6S2+. The highest BCUT2D eigenvalue weighted by Gasteiger charge is 2.34. The molecule has 0 saturated carbocycles. The minimum atomic E-state index is -4.91. The van der Waals surface area contributed by atoms with Crippen molar-refractivity contribution in [2.75, 3.05) is 43.7 Å². The van der Waals surface area contributed by atoms with E-state index >= 15 is 0 Å². The van der Waals surface area contributed by atoms with Crippen molar-refractivity contribution < 1.29 is 40.4 Å². The topological polar surface area (TPSA) is 96.4 Å². The minimum Gasteiger partial charge on any atom is -0.428 e. The Morgan fingerprint density at radius 2 is 1.26 bits per heavy atom. The quantitative estimate of drug-likeness (QED) is 0.134. The molecule has 0 unspecified atom stereocenters. The van der Waals surface area contributed by atoms with Gasteiger partial charge in [0, 0.05) is 45.6 Å². The highest BCUT2D eigenvalue weighted by atomic mass is 32.2. The van der Waals surface area contributed by atoms with E-state index in [1.807, 2.05) is 61.1 Å². The van der Waals surface area contributed by atoms with Gasteiger partial charge in [-0.05, 0) is 81.4 Å². The molecule has 0 amide bonds. The van der Waals surface area contributed by atoms with Crippen LogP contribution >= 0.6 is 0 Å². The third-order valence-corrected chi connectivity index (χ3v) is 8.06. The molecule has 0 spiro atoms. The third-order valence-electron chi connectivity index (χ3n) is 5.16. The molecule has 0 heterocycles. The number of halogens is 3. The molecule has 0 bridgehead atoms. The van der Waals surface area contributed by atoms with Gasteiger partial charge in [0.25, 0.3) is 10.1 Å². The van der Waals surface area contributed by atoms with E-state index in [1.54, 1.807) is 6.07 Å². The lowest BCUT2D eigenvalue weighted by Crippen LogP contribution is -2.26. The van der Waals surface area contributed by atoms with Crippen LogP contribution in [0.3, 0.4) is 0 Å². The fraction of sp³-hybridized carbons (Fsp3) is 0.345. The Balaban J connectivity index is 0.000000592. The number of hydrogen-bond donors (Lipinski definition) is 1. The molecule has 8 nitrogen and oxygen atoms in total. The summed E-state index contributed by atoms with van der Waals surface area (Å²) in [5.41, 5.74) is 1.68. The van der Waals surface area contributed by atoms with Crippen molar-refractivity contribution in [2.45, 2.75) is 47.2 Å². The molecule has 0 fully saturated rings. The number of alkyl halides is 3. The van der Waals surface area contributed by atoms with E-state index in [2.05, 4.69) is 64.4 Å². The number of hydrogen-bond acceptors (Lipinski definition) is 7. The molecule has 0 aromatic heterocycles. The van der Waals surface area contributed by atoms with Gasteiger partial charge in [-0.25, -0.2) is 4.79 Å². The van der Waals surface area contributed by atoms with E-state index in [9.17, 15) is 26.4 Å². The standard InChI is InChI=1S/C27H33N2O3S.C2H3F3O3S/c1-27(2,3)32-26(30)31-22-9-8-10-25(19-22)33(23-15-11-20(12-16-23)28(4)5)24-17-13-21(14-18-24)29(6)7;3-2(4,5)1-9(6,7)8/h8-19H,1-7H3;1H2,(H,6,7,8)/q+1;. The first-order chi connectivity index (χ1) is 19.2. The summed E-state index contributed by atoms with van der Waals surface area (Å²) in [5, 5.41) is 0. The van der Waals surface area contributed by atoms with Crippen molar-refractivity contribution >= 4 is 38.5 Å². The Bertz CT molecular complexity index is 1370. The zero-order valence-electron chi connectivity index (χ0n) is 24.5. The van der Waals surface area contributed by atoms with Gasteiger partial charge >= 0.3 is 12.3 Å². The van der Waals surface area contributed by atoms with E-state index in [0.717, 1.165) is 16.3 Å². The van der Waals surface area contributed by atoms with Crippen LogP contribution in [-0.4, -0.2) is 64.8 Å². The summed E-state index contributed by atoms with van der Waals surface area (Å²) in [5.74, 6) is -1.71. The van der Waals surface area contributed by atoms with Gasteiger partial charge in [-0.15, -0.1) is 0 Å². The zero-order chi connectivity index (χ0) is 31.9. The van der Waals surface area contributed by atoms with Crippen molar-refractivity contribution in [3.05, 3.63) is 72.8 Å². The van der Waals surface area contributed by atoms with E-state index < -0.39 is 33.8 Å². The molecule has 0 aliphatic rings. The minimum absolute atomic E-state index is 0.371. The van der Waals surface area contributed by atoms with Crippen molar-refractivity contribution in [3.8, 4) is 5.75 Å². The molecule has 230 valence electrons. The number of anilines is 2. The van der Waals surface area contributed by atoms with Crippen LogP contribution in [0, 0.1) is 0 Å². The van der Waals surface area contributed by atoms with Gasteiger partial charge in [0.15, 0.2) is 20.4 Å². The Morgan fingerprint density at radius 1 is 0.810 bits per heavy atom. The van der Waals surface area contributed by atoms with Crippen molar-refractivity contribution in [1.29, 1.82) is 0 Å². The second-order valence-electron chi connectivity index (χ2n) is 10.5. The number of benzene rings is 3. The Morgan fingerprint density at radius 3 is 1.60 bits per heavy atom. The van der Waals surface area contributed by atoms with Gasteiger partial charge in [-0.1, -0.05) is 6.07 Å². The summed E-state index contributed by atoms with van der Waals surface area (Å²) in [6.45, 7) is 5.45. The Hall–Kier alpha value is -3.42. The average molecular weight is 630 g/mol. The number of nitrogens with zero attached hydrogens (tertiary/aromatic N) is 2. The number of rotatable bonds is 7. The first-order valence-corrected chi connectivity index (χ1v) is 15.4. The summed E-state index contributed by atoms with van der Waals surface area (Å²) in [6, 6.07) is 24.9. The van der Waals surface area contributed by atoms with Crippen LogP contribution in [0.15, 0.2) is 87.5 Å². The molecule has 0 radical (unpaired) electrons. The molecule has 0 atom stereocenters. The van der Waals surface area contributed by atoms with Crippen molar-refractivity contribution in [2.24, 2.45) is 0 Å². The Labute approximate surface area is 248 Å². The highest BCUT2D eigenvalue weighted by Crippen LogP contribution is 2.34. The van der Waals surface area contributed by atoms with E-state index in [0.29, 0.717) is 5.75 Å². The van der Waals surface area contributed by atoms with Crippen molar-refractivity contribution in [1.82, 2.24) is 0 Å². The SMILES string of the molecule is CN(C)c1ccc([S+](c2ccc(N(C)C)cc2)c2cccc(OC(=O)OC(C)(C)C)c2)cc1.O=S(=O)(O)CC(F)(F)F. The monoisotopic (exact) mass is 629 g/mol. The van der Waals surface area contributed by atoms with Crippen molar-refractivity contribution in [3.63, 3.8) is 0 Å². The fourth-order valence-corrected chi connectivity index (χ4v) is 5.90. The molecule has 3 aromatic carbocycles. The van der Waals surface area contributed by atoms with E-state index in [1.165, 1.54) is 9.79 Å². The molecule has 3 aromatic rings. The molecule has 0 saturated heterocycles. The second kappa shape index (κ2) is 14.2. The molecular weight excluding hydrogens is 593 g/mol. The van der Waals surface area contributed by atoms with Crippen LogP contribution in [0.4, 0.5) is 29.3 Å². The van der Waals surface area contributed by atoms with Crippen LogP contribution in [0.5, 0.6) is 5.75 Å². The maximum absolute atomic E-state index is 12.2. The summed E-state index contributed by atoms with van der Waals surface area (Å²) < 4.78 is 70.4. The van der Waals surface area contributed by atoms with Crippen LogP contribution < -0.4 is 14.5 Å². The summed E-state index contributed by atoms with van der Waals surface area (Å²) in [7, 11) is 2.86. The second-order valence-corrected chi connectivity index (χ2v) is 13.9. The van der Waals surface area contributed by atoms with E-state index in [-0.39, 0.29) is 10.9 Å². The molecule has 42 heavy (non-hydrogen) atoms. The lowest BCUT2D eigenvalue weighted by molar-refractivity contribution is -0.107. The smallest absolute Gasteiger partial charge is 0.428 e. The first kappa shape index (κ1) is 34.8. The maximum atomic E-state index is 12.2. The van der Waals surface area contributed by atoms with Crippen LogP contribution in [0.25, 0.3) is 0 Å². The van der Waals surface area contributed by atoms with Gasteiger partial charge in [0.05, 0.1) is 10.9 Å². The van der Waals surface area contributed by atoms with Gasteiger partial charge < -0.3 is 19.3 Å². The summed E-state index contributed by atoms with van der Waals surface area (Å²) in [4.78, 5) is 19.8. The number of ether oxygens (including phenoxy) is 2. The third kappa shape index (κ3) is 12.2. The fourth-order valence-electron chi connectivity index (χ4n) is 3.41. The van der Waals surface area contributed by atoms with Crippen LogP contribution in [-0.2, 0) is 25.7 Å².